The largest absolute Gasteiger partial charge is 0.480 e. The minimum absolute atomic E-state index is 0.108. The van der Waals surface area contributed by atoms with E-state index in [1.807, 2.05) is 6.92 Å². The van der Waals surface area contributed by atoms with Gasteiger partial charge >= 0.3 is 5.97 Å². The first-order chi connectivity index (χ1) is 8.06. The lowest BCUT2D eigenvalue weighted by atomic mass is 10.2. The Morgan fingerprint density at radius 1 is 1.29 bits per heavy atom. The maximum absolute atomic E-state index is 12.1. The number of carboxylic acid groups (broad SMARTS) is 1. The molecule has 2 rings (SSSR count). The van der Waals surface area contributed by atoms with Crippen LogP contribution in [-0.2, 0) is 14.3 Å². The van der Waals surface area contributed by atoms with Crippen molar-refractivity contribution in [2.45, 2.75) is 44.8 Å². The molecular formula is C12H19NO4. The van der Waals surface area contributed by atoms with E-state index >= 15 is 0 Å². The summed E-state index contributed by atoms with van der Waals surface area (Å²) in [5, 5.41) is 8.83. The van der Waals surface area contributed by atoms with E-state index in [0.717, 1.165) is 19.3 Å². The first-order valence-electron chi connectivity index (χ1n) is 6.22. The second-order valence-electron chi connectivity index (χ2n) is 5.07. The van der Waals surface area contributed by atoms with Crippen LogP contribution in [0.25, 0.3) is 0 Å². The molecule has 2 atom stereocenters. The standard InChI is InChI=1S/C12H19NO4/c1-8-2-5-10(17-8)12(16)13(7-11(14)15)6-9-3-4-9/h8-10H,2-7H2,1H3,(H,14,15). The molecule has 0 bridgehead atoms. The van der Waals surface area contributed by atoms with Gasteiger partial charge < -0.3 is 14.7 Å². The fourth-order valence-corrected chi connectivity index (χ4v) is 2.20. The third-order valence-corrected chi connectivity index (χ3v) is 3.32. The second-order valence-corrected chi connectivity index (χ2v) is 5.07. The lowest BCUT2D eigenvalue weighted by Gasteiger charge is -2.23. The van der Waals surface area contributed by atoms with Gasteiger partial charge in [-0.3, -0.25) is 9.59 Å². The van der Waals surface area contributed by atoms with E-state index in [4.69, 9.17) is 9.84 Å². The topological polar surface area (TPSA) is 66.8 Å². The molecule has 0 aromatic carbocycles. The molecule has 1 saturated carbocycles. The summed E-state index contributed by atoms with van der Waals surface area (Å²) in [6, 6.07) is 0. The van der Waals surface area contributed by atoms with Crippen molar-refractivity contribution in [3.05, 3.63) is 0 Å². The number of carboxylic acids is 1. The summed E-state index contributed by atoms with van der Waals surface area (Å²) in [6.07, 6.45) is 3.47. The van der Waals surface area contributed by atoms with Crippen LogP contribution >= 0.6 is 0 Å². The number of nitrogens with zero attached hydrogens (tertiary/aromatic N) is 1. The fourth-order valence-electron chi connectivity index (χ4n) is 2.20. The van der Waals surface area contributed by atoms with Crippen LogP contribution in [0.3, 0.4) is 0 Å². The number of aliphatic carboxylic acids is 1. The van der Waals surface area contributed by atoms with Crippen molar-refractivity contribution in [3.8, 4) is 0 Å². The SMILES string of the molecule is CC1CCC(C(=O)N(CC(=O)O)CC2CC2)O1. The zero-order valence-corrected chi connectivity index (χ0v) is 10.1. The van der Waals surface area contributed by atoms with Gasteiger partial charge in [0, 0.05) is 6.54 Å². The first-order valence-corrected chi connectivity index (χ1v) is 6.22. The Morgan fingerprint density at radius 2 is 2.00 bits per heavy atom. The molecule has 2 unspecified atom stereocenters. The molecule has 5 heteroatoms. The van der Waals surface area contributed by atoms with Crippen molar-refractivity contribution in [1.82, 2.24) is 4.90 Å². The summed E-state index contributed by atoms with van der Waals surface area (Å²) >= 11 is 0. The highest BCUT2D eigenvalue weighted by Crippen LogP contribution is 2.30. The van der Waals surface area contributed by atoms with Crippen molar-refractivity contribution in [1.29, 1.82) is 0 Å². The molecule has 2 aliphatic rings. The fraction of sp³-hybridized carbons (Fsp3) is 0.833. The third-order valence-electron chi connectivity index (χ3n) is 3.32. The van der Waals surface area contributed by atoms with Gasteiger partial charge in [-0.25, -0.2) is 0 Å². The Kier molecular flexibility index (Phi) is 3.66. The number of hydrogen-bond acceptors (Lipinski definition) is 3. The highest BCUT2D eigenvalue weighted by Gasteiger charge is 2.35. The van der Waals surface area contributed by atoms with Crippen LogP contribution in [0.2, 0.25) is 0 Å². The summed E-state index contributed by atoms with van der Waals surface area (Å²) in [6.45, 7) is 2.30. The van der Waals surface area contributed by atoms with Gasteiger partial charge in [0.15, 0.2) is 0 Å². The summed E-state index contributed by atoms with van der Waals surface area (Å²) in [4.78, 5) is 24.3. The number of amides is 1. The van der Waals surface area contributed by atoms with Gasteiger partial charge in [-0.1, -0.05) is 0 Å². The maximum Gasteiger partial charge on any atom is 0.323 e. The monoisotopic (exact) mass is 241 g/mol. The Hall–Kier alpha value is -1.10. The van der Waals surface area contributed by atoms with E-state index in [1.165, 1.54) is 4.90 Å². The van der Waals surface area contributed by atoms with E-state index < -0.39 is 12.1 Å². The second kappa shape index (κ2) is 5.04. The van der Waals surface area contributed by atoms with Gasteiger partial charge in [-0.2, -0.15) is 0 Å². The van der Waals surface area contributed by atoms with Crippen molar-refractivity contribution in [2.75, 3.05) is 13.1 Å². The van der Waals surface area contributed by atoms with Gasteiger partial charge in [0.25, 0.3) is 5.91 Å². The van der Waals surface area contributed by atoms with E-state index in [0.29, 0.717) is 18.9 Å². The minimum atomic E-state index is -0.954. The first kappa shape index (κ1) is 12.4. The molecule has 5 nitrogen and oxygen atoms in total. The normalized spacial score (nSPS) is 28.1. The van der Waals surface area contributed by atoms with E-state index in [2.05, 4.69) is 0 Å². The Bertz CT molecular complexity index is 314. The van der Waals surface area contributed by atoms with E-state index in [1.54, 1.807) is 0 Å². The predicted octanol–water partition coefficient (Wildman–Crippen LogP) is 0.877. The van der Waals surface area contributed by atoms with Crippen molar-refractivity contribution in [3.63, 3.8) is 0 Å². The minimum Gasteiger partial charge on any atom is -0.480 e. The van der Waals surface area contributed by atoms with Gasteiger partial charge in [-0.15, -0.1) is 0 Å². The molecule has 1 saturated heterocycles. The van der Waals surface area contributed by atoms with Gasteiger partial charge in [0.05, 0.1) is 6.10 Å². The Balaban J connectivity index is 1.93. The van der Waals surface area contributed by atoms with Crippen LogP contribution in [-0.4, -0.2) is 47.2 Å². The average molecular weight is 241 g/mol. The molecule has 0 radical (unpaired) electrons. The molecule has 1 heterocycles. The zero-order valence-electron chi connectivity index (χ0n) is 10.1. The Labute approximate surface area is 101 Å². The van der Waals surface area contributed by atoms with Crippen molar-refractivity contribution in [2.24, 2.45) is 5.92 Å². The highest BCUT2D eigenvalue weighted by atomic mass is 16.5. The van der Waals surface area contributed by atoms with E-state index in [-0.39, 0.29) is 18.6 Å². The number of carbonyl (C=O) groups is 2. The molecule has 1 amide bonds. The molecule has 0 aromatic heterocycles. The lowest BCUT2D eigenvalue weighted by molar-refractivity contribution is -0.150. The summed E-state index contributed by atoms with van der Waals surface area (Å²) in [5.74, 6) is -0.606. The number of rotatable bonds is 5. The van der Waals surface area contributed by atoms with Crippen LogP contribution in [0.1, 0.15) is 32.6 Å². The van der Waals surface area contributed by atoms with Crippen LogP contribution in [0, 0.1) is 5.92 Å². The molecular weight excluding hydrogens is 222 g/mol. The highest BCUT2D eigenvalue weighted by molar-refractivity contribution is 5.84. The quantitative estimate of drug-likeness (QED) is 0.775. The van der Waals surface area contributed by atoms with Gasteiger partial charge in [0.1, 0.15) is 12.6 Å². The van der Waals surface area contributed by atoms with Crippen LogP contribution in [0.4, 0.5) is 0 Å². The molecule has 1 N–H and O–H groups in total. The van der Waals surface area contributed by atoms with Crippen LogP contribution < -0.4 is 0 Å². The van der Waals surface area contributed by atoms with Crippen molar-refractivity contribution < 1.29 is 19.4 Å². The molecule has 1 aliphatic heterocycles. The number of carbonyl (C=O) groups excluding carboxylic acids is 1. The van der Waals surface area contributed by atoms with Crippen LogP contribution in [0.5, 0.6) is 0 Å². The molecule has 96 valence electrons. The predicted molar refractivity (Wildman–Crippen MR) is 60.5 cm³/mol. The zero-order chi connectivity index (χ0) is 12.4. The lowest BCUT2D eigenvalue weighted by Crippen LogP contribution is -2.43. The van der Waals surface area contributed by atoms with E-state index in [9.17, 15) is 9.59 Å². The molecule has 2 fully saturated rings. The molecule has 1 aliphatic carbocycles. The molecule has 17 heavy (non-hydrogen) atoms. The summed E-state index contributed by atoms with van der Waals surface area (Å²) in [5.41, 5.74) is 0. The number of ether oxygens (including phenoxy) is 1. The summed E-state index contributed by atoms with van der Waals surface area (Å²) < 4.78 is 5.50. The third kappa shape index (κ3) is 3.43. The maximum atomic E-state index is 12.1. The average Bonchev–Trinajstić information content (AvgIpc) is 2.96. The van der Waals surface area contributed by atoms with Crippen molar-refractivity contribution >= 4 is 11.9 Å². The molecule has 0 aromatic rings. The molecule has 0 spiro atoms. The van der Waals surface area contributed by atoms with Crippen LogP contribution in [0.15, 0.2) is 0 Å². The number of hydrogen-bond donors (Lipinski definition) is 1. The van der Waals surface area contributed by atoms with Gasteiger partial charge in [-0.05, 0) is 38.5 Å². The smallest absolute Gasteiger partial charge is 0.323 e. The summed E-state index contributed by atoms with van der Waals surface area (Å²) in [7, 11) is 0. The van der Waals surface area contributed by atoms with Gasteiger partial charge in [0.2, 0.25) is 0 Å². The Morgan fingerprint density at radius 3 is 2.47 bits per heavy atom.